The molecular formula is C14H16F3N6O4+. The number of hydrogen-bond acceptors (Lipinski definition) is 8. The molecule has 1 fully saturated rings. The Kier molecular flexibility index (Phi) is 4.73. The Labute approximate surface area is 150 Å². The molecule has 1 atom stereocenters. The zero-order chi connectivity index (χ0) is 19.8. The summed E-state index contributed by atoms with van der Waals surface area (Å²) in [5.41, 5.74) is -1.77. The van der Waals surface area contributed by atoms with Crippen LogP contribution in [0.25, 0.3) is 0 Å². The molecule has 10 nitrogen and oxygen atoms in total. The summed E-state index contributed by atoms with van der Waals surface area (Å²) in [6.45, 7) is 0.863. The molecule has 0 aromatic carbocycles. The van der Waals surface area contributed by atoms with Crippen molar-refractivity contribution in [1.82, 2.24) is 9.97 Å². The number of allylic oxidation sites excluding steroid dienone is 1. The quantitative estimate of drug-likeness (QED) is 0.472. The van der Waals surface area contributed by atoms with E-state index in [4.69, 9.17) is 4.84 Å². The van der Waals surface area contributed by atoms with Gasteiger partial charge in [-0.15, -0.1) is 0 Å². The summed E-state index contributed by atoms with van der Waals surface area (Å²) in [6.07, 6.45) is -1.51. The molecule has 0 amide bonds. The molecule has 1 aromatic rings. The highest BCUT2D eigenvalue weighted by Crippen LogP contribution is 2.32. The summed E-state index contributed by atoms with van der Waals surface area (Å²) in [5.74, 6) is -0.382. The summed E-state index contributed by atoms with van der Waals surface area (Å²) >= 11 is 0. The maximum absolute atomic E-state index is 12.8. The molecule has 0 aliphatic carbocycles. The average molecular weight is 389 g/mol. The lowest BCUT2D eigenvalue weighted by molar-refractivity contribution is -1.03. The number of quaternary nitrogens is 1. The number of nitrogens with zero attached hydrogens (tertiary/aromatic N) is 6. The van der Waals surface area contributed by atoms with Crippen LogP contribution in [0.4, 0.5) is 24.8 Å². The summed E-state index contributed by atoms with van der Waals surface area (Å²) in [5, 5.41) is 24.2. The van der Waals surface area contributed by atoms with Crippen molar-refractivity contribution in [2.75, 3.05) is 25.0 Å². The molecule has 0 bridgehead atoms. The molecule has 27 heavy (non-hydrogen) atoms. The second kappa shape index (κ2) is 6.74. The van der Waals surface area contributed by atoms with Crippen molar-refractivity contribution < 1.29 is 32.8 Å². The molecule has 3 rings (SSSR count). The fourth-order valence-corrected chi connectivity index (χ4v) is 2.63. The van der Waals surface area contributed by atoms with Gasteiger partial charge in [-0.05, 0) is 17.9 Å². The zero-order valence-corrected chi connectivity index (χ0v) is 14.1. The van der Waals surface area contributed by atoms with E-state index in [9.17, 15) is 28.4 Å². The van der Waals surface area contributed by atoms with Crippen LogP contribution in [0.1, 0.15) is 12.8 Å². The highest BCUT2D eigenvalue weighted by Gasteiger charge is 2.44. The van der Waals surface area contributed by atoms with E-state index in [1.165, 1.54) is 7.05 Å². The van der Waals surface area contributed by atoms with Crippen molar-refractivity contribution >= 4 is 17.3 Å². The van der Waals surface area contributed by atoms with Crippen LogP contribution in [-0.2, 0) is 0 Å². The van der Waals surface area contributed by atoms with Gasteiger partial charge in [0.2, 0.25) is 11.7 Å². The van der Waals surface area contributed by atoms with Crippen LogP contribution in [0.15, 0.2) is 23.6 Å². The first-order chi connectivity index (χ1) is 12.6. The maximum Gasteiger partial charge on any atom is 0.438 e. The SMILES string of the molecule is C[N+]1(Oc2nc(N3CCC(O)CC3)ncc2[N+](=O)[O-])C=CC(C(F)(F)F)=N1. The third-order valence-electron chi connectivity index (χ3n) is 4.04. The number of hydrogen-bond donors (Lipinski definition) is 1. The number of hydroxylamine groups is 2. The van der Waals surface area contributed by atoms with Gasteiger partial charge in [-0.1, -0.05) is 0 Å². The topological polar surface area (TPSA) is 114 Å². The summed E-state index contributed by atoms with van der Waals surface area (Å²) < 4.78 is 37.3. The van der Waals surface area contributed by atoms with Gasteiger partial charge < -0.3 is 10.0 Å². The molecule has 1 aromatic heterocycles. The van der Waals surface area contributed by atoms with E-state index in [1.54, 1.807) is 4.90 Å². The fourth-order valence-electron chi connectivity index (χ4n) is 2.63. The number of piperidine rings is 1. The van der Waals surface area contributed by atoms with Crippen LogP contribution in [0.3, 0.4) is 0 Å². The lowest BCUT2D eigenvalue weighted by atomic mass is 10.1. The van der Waals surface area contributed by atoms with Crippen LogP contribution in [0.2, 0.25) is 0 Å². The highest BCUT2D eigenvalue weighted by atomic mass is 19.4. The summed E-state index contributed by atoms with van der Waals surface area (Å²) in [6, 6.07) is 0. The molecule has 0 radical (unpaired) electrons. The number of rotatable bonds is 4. The van der Waals surface area contributed by atoms with Crippen LogP contribution in [-0.4, -0.2) is 62.9 Å². The van der Waals surface area contributed by atoms with E-state index in [1.807, 2.05) is 0 Å². The molecule has 0 saturated carbocycles. The van der Waals surface area contributed by atoms with Gasteiger partial charge in [-0.25, -0.2) is 4.98 Å². The van der Waals surface area contributed by atoms with Crippen molar-refractivity contribution in [3.63, 3.8) is 0 Å². The van der Waals surface area contributed by atoms with Gasteiger partial charge in [0, 0.05) is 23.9 Å². The molecule has 1 N–H and O–H groups in total. The number of anilines is 1. The first kappa shape index (κ1) is 19.0. The zero-order valence-electron chi connectivity index (χ0n) is 14.1. The minimum Gasteiger partial charge on any atom is -0.393 e. The predicted molar refractivity (Wildman–Crippen MR) is 85.6 cm³/mol. The standard InChI is InChI=1S/C14H16F3N6O4/c1-23(7-4-11(20-23)14(15,16)17)27-12-10(22(25)26)8-18-13(19-12)21-5-2-9(24)3-6-21/h4,7-9,24H,2-3,5-6H2,1H3/q+1. The van der Waals surface area contributed by atoms with E-state index in [0.29, 0.717) is 25.9 Å². The lowest BCUT2D eigenvalue weighted by Gasteiger charge is -2.29. The van der Waals surface area contributed by atoms with Gasteiger partial charge in [0.1, 0.15) is 13.2 Å². The molecule has 1 unspecified atom stereocenters. The number of aliphatic hydroxyl groups excluding tert-OH is 1. The van der Waals surface area contributed by atoms with E-state index in [2.05, 4.69) is 15.1 Å². The van der Waals surface area contributed by atoms with E-state index in [0.717, 1.165) is 18.5 Å². The first-order valence-corrected chi connectivity index (χ1v) is 7.94. The third kappa shape index (κ3) is 4.14. The van der Waals surface area contributed by atoms with Crippen molar-refractivity contribution in [3.05, 3.63) is 28.6 Å². The van der Waals surface area contributed by atoms with E-state index in [-0.39, 0.29) is 5.95 Å². The first-order valence-electron chi connectivity index (χ1n) is 7.94. The van der Waals surface area contributed by atoms with Crippen molar-refractivity contribution in [2.45, 2.75) is 25.1 Å². The lowest BCUT2D eigenvalue weighted by Crippen LogP contribution is -2.38. The van der Waals surface area contributed by atoms with Crippen LogP contribution < -0.4 is 9.74 Å². The molecule has 146 valence electrons. The normalized spacial score (nSPS) is 23.4. The minimum atomic E-state index is -4.67. The van der Waals surface area contributed by atoms with Gasteiger partial charge in [0.15, 0.2) is 6.20 Å². The number of halogens is 3. The van der Waals surface area contributed by atoms with Crippen LogP contribution in [0, 0.1) is 10.1 Å². The van der Waals surface area contributed by atoms with E-state index < -0.39 is 39.2 Å². The molecule has 2 aliphatic heterocycles. The summed E-state index contributed by atoms with van der Waals surface area (Å²) in [7, 11) is 1.18. The monoisotopic (exact) mass is 389 g/mol. The minimum absolute atomic E-state index is 0.123. The molecule has 3 heterocycles. The Bertz CT molecular complexity index is 807. The molecular weight excluding hydrogens is 373 g/mol. The van der Waals surface area contributed by atoms with Crippen LogP contribution in [0.5, 0.6) is 5.88 Å². The Morgan fingerprint density at radius 3 is 2.63 bits per heavy atom. The smallest absolute Gasteiger partial charge is 0.393 e. The maximum atomic E-state index is 12.8. The van der Waals surface area contributed by atoms with Gasteiger partial charge >= 0.3 is 17.7 Å². The Morgan fingerprint density at radius 2 is 2.07 bits per heavy atom. The largest absolute Gasteiger partial charge is 0.438 e. The number of alkyl halides is 3. The van der Waals surface area contributed by atoms with Crippen molar-refractivity contribution in [3.8, 4) is 5.88 Å². The second-order valence-corrected chi connectivity index (χ2v) is 6.17. The molecule has 13 heteroatoms. The fraction of sp³-hybridized carbons (Fsp3) is 0.500. The van der Waals surface area contributed by atoms with Gasteiger partial charge in [-0.3, -0.25) is 15.0 Å². The molecule has 2 aliphatic rings. The van der Waals surface area contributed by atoms with E-state index >= 15 is 0 Å². The van der Waals surface area contributed by atoms with Gasteiger partial charge in [-0.2, -0.15) is 18.2 Å². The Balaban J connectivity index is 1.89. The predicted octanol–water partition coefficient (Wildman–Crippen LogP) is 1.53. The average Bonchev–Trinajstić information content (AvgIpc) is 2.97. The Morgan fingerprint density at radius 1 is 1.41 bits per heavy atom. The molecule has 0 spiro atoms. The second-order valence-electron chi connectivity index (χ2n) is 6.17. The van der Waals surface area contributed by atoms with Crippen molar-refractivity contribution in [1.29, 1.82) is 0 Å². The van der Waals surface area contributed by atoms with Gasteiger partial charge in [0.05, 0.1) is 11.0 Å². The Hall–Kier alpha value is -2.80. The number of nitro groups is 1. The summed E-state index contributed by atoms with van der Waals surface area (Å²) in [4.78, 5) is 25.4. The molecule has 1 saturated heterocycles. The van der Waals surface area contributed by atoms with Gasteiger partial charge in [0.25, 0.3) is 0 Å². The highest BCUT2D eigenvalue weighted by molar-refractivity contribution is 5.99. The number of aliphatic hydroxyl groups is 1. The third-order valence-corrected chi connectivity index (χ3v) is 4.04. The number of aromatic nitrogens is 2. The van der Waals surface area contributed by atoms with Crippen LogP contribution >= 0.6 is 0 Å². The van der Waals surface area contributed by atoms with Crippen molar-refractivity contribution in [2.24, 2.45) is 5.10 Å².